The minimum atomic E-state index is 0.0322. The molecule has 0 atom stereocenters. The van der Waals surface area contributed by atoms with Crippen LogP contribution in [0.15, 0.2) is 30.3 Å². The van der Waals surface area contributed by atoms with E-state index in [4.69, 9.17) is 10.5 Å². The fourth-order valence-electron chi connectivity index (χ4n) is 2.42. The minimum Gasteiger partial charge on any atom is -0.455 e. The van der Waals surface area contributed by atoms with E-state index in [-0.39, 0.29) is 5.91 Å². The molecule has 1 heterocycles. The molecule has 108 valence electrons. The van der Waals surface area contributed by atoms with Crippen molar-refractivity contribution in [3.63, 3.8) is 0 Å². The van der Waals surface area contributed by atoms with Gasteiger partial charge in [-0.3, -0.25) is 4.79 Å². The van der Waals surface area contributed by atoms with Crippen LogP contribution in [0, 0.1) is 13.8 Å². The summed E-state index contributed by atoms with van der Waals surface area (Å²) in [7, 11) is 0. The highest BCUT2D eigenvalue weighted by molar-refractivity contribution is 5.94. The zero-order valence-electron chi connectivity index (χ0n) is 12.2. The molecule has 0 spiro atoms. The summed E-state index contributed by atoms with van der Waals surface area (Å²) in [5, 5.41) is 2.83. The van der Waals surface area contributed by atoms with Gasteiger partial charge in [0.2, 0.25) is 5.91 Å². The van der Waals surface area contributed by atoms with Crippen LogP contribution in [0.25, 0.3) is 0 Å². The number of carbonyl (C=O) groups excluding carboxylic acids is 1. The second-order valence-corrected chi connectivity index (χ2v) is 5.44. The van der Waals surface area contributed by atoms with Crippen molar-refractivity contribution in [2.75, 3.05) is 11.1 Å². The molecule has 0 saturated heterocycles. The molecule has 0 saturated carbocycles. The maximum Gasteiger partial charge on any atom is 0.224 e. The van der Waals surface area contributed by atoms with Crippen molar-refractivity contribution in [3.8, 4) is 11.5 Å². The Morgan fingerprint density at radius 3 is 2.67 bits per heavy atom. The quantitative estimate of drug-likeness (QED) is 0.828. The van der Waals surface area contributed by atoms with Gasteiger partial charge in [0.1, 0.15) is 5.75 Å². The van der Waals surface area contributed by atoms with Gasteiger partial charge in [-0.1, -0.05) is 6.07 Å². The predicted octanol–water partition coefficient (Wildman–Crippen LogP) is 3.56. The zero-order chi connectivity index (χ0) is 15.0. The van der Waals surface area contributed by atoms with Crippen molar-refractivity contribution in [1.29, 1.82) is 0 Å². The first-order chi connectivity index (χ1) is 10.0. The van der Waals surface area contributed by atoms with Crippen molar-refractivity contribution in [2.45, 2.75) is 26.7 Å². The van der Waals surface area contributed by atoms with Crippen LogP contribution in [0.2, 0.25) is 0 Å². The van der Waals surface area contributed by atoms with Crippen LogP contribution in [0.1, 0.15) is 23.1 Å². The lowest BCUT2D eigenvalue weighted by atomic mass is 10.0. The van der Waals surface area contributed by atoms with Crippen molar-refractivity contribution < 1.29 is 9.53 Å². The summed E-state index contributed by atoms with van der Waals surface area (Å²) in [5.41, 5.74) is 10.8. The summed E-state index contributed by atoms with van der Waals surface area (Å²) < 4.78 is 5.90. The van der Waals surface area contributed by atoms with Gasteiger partial charge in [0.15, 0.2) is 5.75 Å². The standard InChI is InChI=1S/C17H18N2O2/c1-10-3-5-13(7-11(10)2)21-16-8-12-4-6-17(20)19-15(12)9-14(16)18/h3,5,7-9H,4,6,18H2,1-2H3,(H,19,20). The third-order valence-corrected chi connectivity index (χ3v) is 3.84. The Labute approximate surface area is 123 Å². The van der Waals surface area contributed by atoms with Gasteiger partial charge >= 0.3 is 0 Å². The van der Waals surface area contributed by atoms with Gasteiger partial charge in [-0.2, -0.15) is 0 Å². The normalized spacial score (nSPS) is 13.5. The van der Waals surface area contributed by atoms with E-state index in [1.54, 1.807) is 6.07 Å². The third-order valence-electron chi connectivity index (χ3n) is 3.84. The number of benzene rings is 2. The van der Waals surface area contributed by atoms with Crippen LogP contribution in [-0.2, 0) is 11.2 Å². The predicted molar refractivity (Wildman–Crippen MR) is 83.8 cm³/mol. The number of rotatable bonds is 2. The van der Waals surface area contributed by atoms with E-state index < -0.39 is 0 Å². The summed E-state index contributed by atoms with van der Waals surface area (Å²) in [6.07, 6.45) is 1.21. The lowest BCUT2D eigenvalue weighted by molar-refractivity contribution is -0.116. The number of carbonyl (C=O) groups is 1. The number of anilines is 2. The summed E-state index contributed by atoms with van der Waals surface area (Å²) in [4.78, 5) is 11.4. The molecule has 4 nitrogen and oxygen atoms in total. The van der Waals surface area contributed by atoms with Crippen LogP contribution in [0.5, 0.6) is 11.5 Å². The Hall–Kier alpha value is -2.49. The van der Waals surface area contributed by atoms with Gasteiger partial charge in [-0.15, -0.1) is 0 Å². The first-order valence-electron chi connectivity index (χ1n) is 7.00. The molecule has 3 rings (SSSR count). The van der Waals surface area contributed by atoms with Gasteiger partial charge in [0, 0.05) is 12.1 Å². The first kappa shape index (κ1) is 13.5. The third kappa shape index (κ3) is 2.70. The monoisotopic (exact) mass is 282 g/mol. The Bertz CT molecular complexity index is 723. The Kier molecular flexibility index (Phi) is 3.29. The first-order valence-corrected chi connectivity index (χ1v) is 7.00. The van der Waals surface area contributed by atoms with Crippen molar-refractivity contribution in [1.82, 2.24) is 0 Å². The number of hydrogen-bond donors (Lipinski definition) is 2. The number of hydrogen-bond acceptors (Lipinski definition) is 3. The van der Waals surface area contributed by atoms with Crippen molar-refractivity contribution in [2.24, 2.45) is 0 Å². The van der Waals surface area contributed by atoms with Gasteiger partial charge in [0.05, 0.1) is 5.69 Å². The highest BCUT2D eigenvalue weighted by atomic mass is 16.5. The maximum atomic E-state index is 11.4. The van der Waals surface area contributed by atoms with Gasteiger partial charge < -0.3 is 15.8 Å². The molecule has 0 fully saturated rings. The van der Waals surface area contributed by atoms with Gasteiger partial charge in [-0.05, 0) is 61.2 Å². The second kappa shape index (κ2) is 5.13. The van der Waals surface area contributed by atoms with Gasteiger partial charge in [-0.25, -0.2) is 0 Å². The summed E-state index contributed by atoms with van der Waals surface area (Å²) >= 11 is 0. The molecule has 0 unspecified atom stereocenters. The highest BCUT2D eigenvalue weighted by Crippen LogP contribution is 2.35. The Morgan fingerprint density at radius 1 is 1.10 bits per heavy atom. The van der Waals surface area contributed by atoms with Gasteiger partial charge in [0.25, 0.3) is 0 Å². The van der Waals surface area contributed by atoms with Crippen molar-refractivity contribution in [3.05, 3.63) is 47.0 Å². The molecule has 0 bridgehead atoms. The van der Waals surface area contributed by atoms with E-state index in [0.717, 1.165) is 17.0 Å². The molecule has 1 amide bonds. The minimum absolute atomic E-state index is 0.0322. The number of ether oxygens (including phenoxy) is 1. The molecule has 4 heteroatoms. The number of fused-ring (bicyclic) bond motifs is 1. The second-order valence-electron chi connectivity index (χ2n) is 5.44. The van der Waals surface area contributed by atoms with Crippen LogP contribution >= 0.6 is 0 Å². The summed E-state index contributed by atoms with van der Waals surface area (Å²) in [6, 6.07) is 9.64. The van der Waals surface area contributed by atoms with E-state index in [9.17, 15) is 4.79 Å². The molecule has 0 aromatic heterocycles. The molecular weight excluding hydrogens is 264 g/mol. The van der Waals surface area contributed by atoms with E-state index >= 15 is 0 Å². The number of nitrogens with one attached hydrogen (secondary N) is 1. The molecule has 21 heavy (non-hydrogen) atoms. The largest absolute Gasteiger partial charge is 0.455 e. The number of nitrogens with two attached hydrogens (primary N) is 1. The molecule has 2 aromatic carbocycles. The fraction of sp³-hybridized carbons (Fsp3) is 0.235. The van der Waals surface area contributed by atoms with Crippen LogP contribution < -0.4 is 15.8 Å². The summed E-state index contributed by atoms with van der Waals surface area (Å²) in [6.45, 7) is 4.11. The van der Waals surface area contributed by atoms with E-state index in [1.165, 1.54) is 11.1 Å². The van der Waals surface area contributed by atoms with Crippen LogP contribution in [-0.4, -0.2) is 5.91 Å². The number of aryl methyl sites for hydroxylation is 3. The van der Waals surface area contributed by atoms with Crippen LogP contribution in [0.4, 0.5) is 11.4 Å². The highest BCUT2D eigenvalue weighted by Gasteiger charge is 2.17. The molecule has 0 radical (unpaired) electrons. The molecule has 3 N–H and O–H groups in total. The SMILES string of the molecule is Cc1ccc(Oc2cc3c(cc2N)NC(=O)CC3)cc1C. The maximum absolute atomic E-state index is 11.4. The number of nitrogen functional groups attached to an aromatic ring is 1. The smallest absolute Gasteiger partial charge is 0.224 e. The van der Waals surface area contributed by atoms with Crippen molar-refractivity contribution >= 4 is 17.3 Å². The molecule has 1 aliphatic heterocycles. The van der Waals surface area contributed by atoms with Crippen LogP contribution in [0.3, 0.4) is 0 Å². The van der Waals surface area contributed by atoms with E-state index in [1.807, 2.05) is 31.2 Å². The molecule has 1 aliphatic rings. The molecule has 2 aromatic rings. The Morgan fingerprint density at radius 2 is 1.90 bits per heavy atom. The lowest BCUT2D eigenvalue weighted by Crippen LogP contribution is -2.19. The average Bonchev–Trinajstić information content (AvgIpc) is 2.44. The summed E-state index contributed by atoms with van der Waals surface area (Å²) in [5.74, 6) is 1.43. The Balaban J connectivity index is 1.92. The number of amides is 1. The van der Waals surface area contributed by atoms with E-state index in [0.29, 0.717) is 24.3 Å². The van der Waals surface area contributed by atoms with E-state index in [2.05, 4.69) is 12.2 Å². The molecule has 0 aliphatic carbocycles. The molecular formula is C17H18N2O2. The average molecular weight is 282 g/mol. The zero-order valence-corrected chi connectivity index (χ0v) is 12.2. The fourth-order valence-corrected chi connectivity index (χ4v) is 2.42. The lowest BCUT2D eigenvalue weighted by Gasteiger charge is -2.19. The topological polar surface area (TPSA) is 64.3 Å².